The van der Waals surface area contributed by atoms with Crippen LogP contribution in [0.2, 0.25) is 0 Å². The zero-order valence-electron chi connectivity index (χ0n) is 17.1. The molecule has 0 amide bonds. The topological polar surface area (TPSA) is 183 Å². The molecular formula is C21H23N5O6. The zero-order chi connectivity index (χ0) is 23.3. The van der Waals surface area contributed by atoms with Crippen molar-refractivity contribution in [3.8, 4) is 11.1 Å². The SMILES string of the molecule is NC(N)=NCCC[C@](N[N+](=O)[O-])(C(=O)O)C(=O)OCC1c2ccccc2-c2ccccc21. The number of hydrogen-bond donors (Lipinski definition) is 4. The molecule has 168 valence electrons. The molecule has 0 saturated heterocycles. The molecule has 0 heterocycles. The summed E-state index contributed by atoms with van der Waals surface area (Å²) in [5.41, 5.74) is 13.4. The van der Waals surface area contributed by atoms with Gasteiger partial charge in [0.25, 0.3) is 5.54 Å². The lowest BCUT2D eigenvalue weighted by molar-refractivity contribution is -0.554. The number of benzene rings is 2. The number of nitrogens with one attached hydrogen (secondary N) is 1. The number of nitrogens with two attached hydrogens (primary N) is 2. The quantitative estimate of drug-likeness (QED) is 0.0794. The summed E-state index contributed by atoms with van der Waals surface area (Å²) in [4.78, 5) is 39.7. The molecule has 1 aliphatic rings. The number of guanidine groups is 1. The van der Waals surface area contributed by atoms with Crippen molar-refractivity contribution in [3.63, 3.8) is 0 Å². The molecular weight excluding hydrogens is 418 g/mol. The highest BCUT2D eigenvalue weighted by Gasteiger charge is 2.52. The number of esters is 1. The smallest absolute Gasteiger partial charge is 0.349 e. The van der Waals surface area contributed by atoms with Gasteiger partial charge in [-0.05, 0) is 35.1 Å². The normalized spacial score (nSPS) is 13.9. The molecule has 11 nitrogen and oxygen atoms in total. The van der Waals surface area contributed by atoms with Gasteiger partial charge in [0.1, 0.15) is 6.61 Å². The molecule has 2 aromatic rings. The zero-order valence-corrected chi connectivity index (χ0v) is 17.1. The standard InChI is InChI=1S/C21H23N5O6/c22-20(23)24-11-5-10-21(18(27)28,25-26(30)31)19(29)32-12-17-15-8-3-1-6-13(15)14-7-2-4-9-16(14)17/h1-4,6-9,17,25H,5,10-12H2,(H,27,28)(H4,22,23,24)/t21-/m0/s1. The van der Waals surface area contributed by atoms with Crippen LogP contribution in [0, 0.1) is 10.1 Å². The van der Waals surface area contributed by atoms with Crippen molar-refractivity contribution in [1.29, 1.82) is 0 Å². The predicted molar refractivity (Wildman–Crippen MR) is 115 cm³/mol. The molecule has 0 bridgehead atoms. The van der Waals surface area contributed by atoms with Crippen molar-refractivity contribution >= 4 is 17.9 Å². The maximum absolute atomic E-state index is 12.9. The number of ether oxygens (including phenoxy) is 1. The summed E-state index contributed by atoms with van der Waals surface area (Å²) < 4.78 is 5.37. The summed E-state index contributed by atoms with van der Waals surface area (Å²) in [6, 6.07) is 15.2. The Morgan fingerprint density at radius 3 is 2.19 bits per heavy atom. The fraction of sp³-hybridized carbons (Fsp3) is 0.286. The summed E-state index contributed by atoms with van der Waals surface area (Å²) in [6.07, 6.45) is -0.452. The molecule has 0 saturated carbocycles. The number of fused-ring (bicyclic) bond motifs is 3. The lowest BCUT2D eigenvalue weighted by Crippen LogP contribution is -2.61. The summed E-state index contributed by atoms with van der Waals surface area (Å²) in [5, 5.41) is 19.7. The van der Waals surface area contributed by atoms with Crippen molar-refractivity contribution < 1.29 is 24.5 Å². The van der Waals surface area contributed by atoms with E-state index in [0.717, 1.165) is 22.3 Å². The van der Waals surface area contributed by atoms with Crippen LogP contribution in [0.5, 0.6) is 0 Å². The number of carboxylic acids is 1. The van der Waals surface area contributed by atoms with Gasteiger partial charge in [0, 0.05) is 12.5 Å². The third kappa shape index (κ3) is 4.46. The Bertz CT molecular complexity index is 1020. The Labute approximate surface area is 183 Å². The summed E-state index contributed by atoms with van der Waals surface area (Å²) in [5.74, 6) is -3.52. The number of nitrogens with zero attached hydrogens (tertiary/aromatic N) is 2. The number of hydrogen-bond acceptors (Lipinski definition) is 6. The van der Waals surface area contributed by atoms with Crippen LogP contribution in [-0.2, 0) is 14.3 Å². The molecule has 32 heavy (non-hydrogen) atoms. The van der Waals surface area contributed by atoms with Gasteiger partial charge < -0.3 is 21.3 Å². The fourth-order valence-electron chi connectivity index (χ4n) is 3.88. The minimum Gasteiger partial charge on any atom is -0.479 e. The minimum absolute atomic E-state index is 0.00473. The Morgan fingerprint density at radius 2 is 1.69 bits per heavy atom. The van der Waals surface area contributed by atoms with E-state index in [0.29, 0.717) is 0 Å². The molecule has 3 rings (SSSR count). The van der Waals surface area contributed by atoms with Crippen LogP contribution < -0.4 is 16.9 Å². The Hall–Kier alpha value is -4.15. The van der Waals surface area contributed by atoms with E-state index in [1.807, 2.05) is 48.5 Å². The molecule has 1 atom stereocenters. The molecule has 6 N–H and O–H groups in total. The number of aliphatic imine (C=N–C) groups is 1. The fourth-order valence-corrected chi connectivity index (χ4v) is 3.88. The first-order valence-electron chi connectivity index (χ1n) is 9.82. The first kappa shape index (κ1) is 22.5. The highest BCUT2D eigenvalue weighted by atomic mass is 16.7. The van der Waals surface area contributed by atoms with Gasteiger partial charge in [0.2, 0.25) is 0 Å². The number of carbonyl (C=O) groups excluding carboxylic acids is 1. The number of aliphatic carboxylic acids is 1. The van der Waals surface area contributed by atoms with Gasteiger partial charge in [-0.2, -0.15) is 0 Å². The number of rotatable bonds is 10. The molecule has 0 radical (unpaired) electrons. The van der Waals surface area contributed by atoms with Crippen LogP contribution >= 0.6 is 0 Å². The second kappa shape index (κ2) is 9.33. The molecule has 0 unspecified atom stereocenters. The van der Waals surface area contributed by atoms with E-state index in [9.17, 15) is 24.8 Å². The Morgan fingerprint density at radius 1 is 1.12 bits per heavy atom. The van der Waals surface area contributed by atoms with Gasteiger partial charge >= 0.3 is 11.9 Å². The van der Waals surface area contributed by atoms with Crippen molar-refractivity contribution in [1.82, 2.24) is 5.43 Å². The number of nitro groups is 1. The molecule has 0 aromatic heterocycles. The van der Waals surface area contributed by atoms with Gasteiger partial charge in [0.15, 0.2) is 11.0 Å². The summed E-state index contributed by atoms with van der Waals surface area (Å²) in [6.45, 7) is -0.178. The van der Waals surface area contributed by atoms with Crippen molar-refractivity contribution in [2.45, 2.75) is 24.3 Å². The largest absolute Gasteiger partial charge is 0.479 e. The molecule has 2 aromatic carbocycles. The molecule has 11 heteroatoms. The molecule has 0 fully saturated rings. The number of hydrazine groups is 1. The number of carboxylic acid groups (broad SMARTS) is 1. The minimum atomic E-state index is -2.58. The van der Waals surface area contributed by atoms with E-state index in [2.05, 4.69) is 4.99 Å². The molecule has 0 aliphatic heterocycles. The van der Waals surface area contributed by atoms with E-state index in [-0.39, 0.29) is 31.4 Å². The second-order valence-electron chi connectivity index (χ2n) is 7.32. The monoisotopic (exact) mass is 441 g/mol. The third-order valence-electron chi connectivity index (χ3n) is 5.34. The van der Waals surface area contributed by atoms with Crippen LogP contribution in [0.3, 0.4) is 0 Å². The highest BCUT2D eigenvalue weighted by molar-refractivity contribution is 6.04. The Balaban J connectivity index is 1.82. The maximum Gasteiger partial charge on any atom is 0.349 e. The molecule has 1 aliphatic carbocycles. The van der Waals surface area contributed by atoms with E-state index < -0.39 is 28.9 Å². The lowest BCUT2D eigenvalue weighted by Gasteiger charge is -2.25. The maximum atomic E-state index is 12.9. The van der Waals surface area contributed by atoms with Crippen molar-refractivity contribution in [3.05, 3.63) is 69.8 Å². The second-order valence-corrected chi connectivity index (χ2v) is 7.32. The van der Waals surface area contributed by atoms with E-state index in [1.54, 1.807) is 5.43 Å². The third-order valence-corrected chi connectivity index (χ3v) is 5.34. The lowest BCUT2D eigenvalue weighted by atomic mass is 9.93. The predicted octanol–water partition coefficient (Wildman–Crippen LogP) is 1.00. The van der Waals surface area contributed by atoms with E-state index >= 15 is 0 Å². The first-order chi connectivity index (χ1) is 15.3. The van der Waals surface area contributed by atoms with Crippen molar-refractivity contribution in [2.24, 2.45) is 16.5 Å². The van der Waals surface area contributed by atoms with Crippen LogP contribution in [0.4, 0.5) is 0 Å². The van der Waals surface area contributed by atoms with Gasteiger partial charge in [-0.1, -0.05) is 48.5 Å². The van der Waals surface area contributed by atoms with Crippen LogP contribution in [0.1, 0.15) is 29.9 Å². The van der Waals surface area contributed by atoms with E-state index in [4.69, 9.17) is 16.2 Å². The average Bonchev–Trinajstić information content (AvgIpc) is 3.07. The molecule has 0 spiro atoms. The number of carbonyl (C=O) groups is 2. The van der Waals surface area contributed by atoms with Crippen LogP contribution in [0.25, 0.3) is 11.1 Å². The van der Waals surface area contributed by atoms with Gasteiger partial charge in [-0.25, -0.2) is 19.7 Å². The van der Waals surface area contributed by atoms with Gasteiger partial charge in [-0.3, -0.25) is 4.99 Å². The summed E-state index contributed by atoms with van der Waals surface area (Å²) in [7, 11) is 0. The average molecular weight is 441 g/mol. The first-order valence-corrected chi connectivity index (χ1v) is 9.82. The van der Waals surface area contributed by atoms with Crippen LogP contribution in [-0.4, -0.2) is 46.7 Å². The van der Waals surface area contributed by atoms with Gasteiger partial charge in [-0.15, -0.1) is 5.43 Å². The highest BCUT2D eigenvalue weighted by Crippen LogP contribution is 2.44. The van der Waals surface area contributed by atoms with Crippen LogP contribution in [0.15, 0.2) is 53.5 Å². The Kier molecular flexibility index (Phi) is 6.57. The summed E-state index contributed by atoms with van der Waals surface area (Å²) >= 11 is 0. The van der Waals surface area contributed by atoms with E-state index in [1.165, 1.54) is 0 Å². The van der Waals surface area contributed by atoms with Gasteiger partial charge in [0.05, 0.1) is 0 Å². The van der Waals surface area contributed by atoms with Crippen molar-refractivity contribution in [2.75, 3.05) is 13.2 Å².